The molecule has 2 aliphatic rings. The van der Waals surface area contributed by atoms with Gasteiger partial charge >= 0.3 is 0 Å². The second-order valence-electron chi connectivity index (χ2n) is 4.47. The molecule has 13 heavy (non-hydrogen) atoms. The van der Waals surface area contributed by atoms with E-state index in [9.17, 15) is 0 Å². The summed E-state index contributed by atoms with van der Waals surface area (Å²) in [6, 6.07) is 0. The minimum absolute atomic E-state index is 0.173. The number of ether oxygens (including phenoxy) is 1. The first-order valence-electron chi connectivity index (χ1n) is 5.16. The lowest BCUT2D eigenvalue weighted by Gasteiger charge is -2.68. The highest BCUT2D eigenvalue weighted by Gasteiger charge is 2.66. The van der Waals surface area contributed by atoms with E-state index in [1.54, 1.807) is 0 Å². The molecule has 0 aromatic heterocycles. The molecule has 1 spiro atoms. The average Bonchev–Trinajstić information content (AvgIpc) is 2.03. The topological polar surface area (TPSA) is 47.3 Å². The number of rotatable bonds is 3. The molecule has 3 N–H and O–H groups in total. The maximum Gasteiger partial charge on any atom is 0.0663 e. The summed E-state index contributed by atoms with van der Waals surface area (Å²) >= 11 is 0. The quantitative estimate of drug-likeness (QED) is 0.671. The summed E-state index contributed by atoms with van der Waals surface area (Å²) in [7, 11) is 3.85. The normalized spacial score (nSPS) is 41.3. The van der Waals surface area contributed by atoms with Crippen LogP contribution in [0.4, 0.5) is 0 Å². The van der Waals surface area contributed by atoms with Crippen molar-refractivity contribution in [3.63, 3.8) is 0 Å². The summed E-state index contributed by atoms with van der Waals surface area (Å²) in [4.78, 5) is 0. The van der Waals surface area contributed by atoms with Gasteiger partial charge in [-0.15, -0.1) is 0 Å². The molecule has 2 saturated carbocycles. The number of hydrogen-bond donors (Lipinski definition) is 2. The van der Waals surface area contributed by atoms with Gasteiger partial charge in [0.1, 0.15) is 0 Å². The summed E-state index contributed by atoms with van der Waals surface area (Å²) in [5, 5.41) is 3.42. The highest BCUT2D eigenvalue weighted by molar-refractivity contribution is 5.22. The predicted octanol–water partition coefficient (Wildman–Crippen LogP) is 0.492. The molecule has 2 rings (SSSR count). The van der Waals surface area contributed by atoms with Gasteiger partial charge < -0.3 is 15.8 Å². The third-order valence-corrected chi connectivity index (χ3v) is 4.46. The molecule has 0 amide bonds. The van der Waals surface area contributed by atoms with Crippen LogP contribution < -0.4 is 11.1 Å². The Hall–Kier alpha value is -0.120. The van der Waals surface area contributed by atoms with Gasteiger partial charge in [0.15, 0.2) is 0 Å². The minimum Gasteiger partial charge on any atom is -0.381 e. The van der Waals surface area contributed by atoms with E-state index in [0.29, 0.717) is 11.5 Å². The van der Waals surface area contributed by atoms with E-state index in [4.69, 9.17) is 10.5 Å². The average molecular weight is 184 g/mol. The van der Waals surface area contributed by atoms with Gasteiger partial charge in [-0.05, 0) is 26.3 Å². The van der Waals surface area contributed by atoms with E-state index in [2.05, 4.69) is 5.32 Å². The van der Waals surface area contributed by atoms with Crippen LogP contribution in [0.1, 0.15) is 25.7 Å². The SMILES string of the molecule is CNC1(CN)CC(OC)C12CCC2. The first kappa shape index (κ1) is 9.44. The van der Waals surface area contributed by atoms with Crippen molar-refractivity contribution < 1.29 is 4.74 Å². The second kappa shape index (κ2) is 2.94. The lowest BCUT2D eigenvalue weighted by atomic mass is 9.43. The molecule has 0 aromatic rings. The van der Waals surface area contributed by atoms with E-state index in [1.165, 1.54) is 19.3 Å². The molecule has 3 heteroatoms. The Labute approximate surface area is 80.0 Å². The van der Waals surface area contributed by atoms with Crippen molar-refractivity contribution in [3.05, 3.63) is 0 Å². The van der Waals surface area contributed by atoms with Crippen molar-refractivity contribution in [1.29, 1.82) is 0 Å². The van der Waals surface area contributed by atoms with Crippen LogP contribution in [0.15, 0.2) is 0 Å². The van der Waals surface area contributed by atoms with Crippen LogP contribution >= 0.6 is 0 Å². The molecule has 0 aromatic carbocycles. The van der Waals surface area contributed by atoms with Crippen LogP contribution in [0.2, 0.25) is 0 Å². The highest BCUT2D eigenvalue weighted by atomic mass is 16.5. The van der Waals surface area contributed by atoms with Crippen molar-refractivity contribution >= 4 is 0 Å². The van der Waals surface area contributed by atoms with E-state index in [-0.39, 0.29) is 5.54 Å². The maximum atomic E-state index is 5.86. The van der Waals surface area contributed by atoms with Crippen LogP contribution in [-0.4, -0.2) is 32.3 Å². The van der Waals surface area contributed by atoms with Gasteiger partial charge in [-0.3, -0.25) is 0 Å². The molecule has 0 bridgehead atoms. The smallest absolute Gasteiger partial charge is 0.0663 e. The second-order valence-corrected chi connectivity index (χ2v) is 4.47. The summed E-state index contributed by atoms with van der Waals surface area (Å²) in [5.41, 5.74) is 6.40. The van der Waals surface area contributed by atoms with Crippen molar-refractivity contribution in [2.45, 2.75) is 37.3 Å². The Balaban J connectivity index is 2.16. The molecule has 2 unspecified atom stereocenters. The van der Waals surface area contributed by atoms with Crippen LogP contribution in [0.25, 0.3) is 0 Å². The number of nitrogens with one attached hydrogen (secondary N) is 1. The van der Waals surface area contributed by atoms with E-state index in [1.807, 2.05) is 14.2 Å². The Bertz CT molecular complexity index is 197. The van der Waals surface area contributed by atoms with Gasteiger partial charge in [-0.25, -0.2) is 0 Å². The largest absolute Gasteiger partial charge is 0.381 e. The first-order valence-corrected chi connectivity index (χ1v) is 5.16. The molecule has 2 atom stereocenters. The Morgan fingerprint density at radius 3 is 2.54 bits per heavy atom. The van der Waals surface area contributed by atoms with E-state index < -0.39 is 0 Å². The van der Waals surface area contributed by atoms with Gasteiger partial charge in [-0.2, -0.15) is 0 Å². The monoisotopic (exact) mass is 184 g/mol. The summed E-state index contributed by atoms with van der Waals surface area (Å²) < 4.78 is 5.51. The Morgan fingerprint density at radius 1 is 1.54 bits per heavy atom. The van der Waals surface area contributed by atoms with E-state index >= 15 is 0 Å². The fourth-order valence-corrected chi connectivity index (χ4v) is 3.30. The minimum atomic E-state index is 0.173. The van der Waals surface area contributed by atoms with Crippen LogP contribution in [0, 0.1) is 5.41 Å². The van der Waals surface area contributed by atoms with Crippen LogP contribution in [-0.2, 0) is 4.74 Å². The lowest BCUT2D eigenvalue weighted by molar-refractivity contribution is -0.205. The zero-order valence-corrected chi connectivity index (χ0v) is 8.60. The van der Waals surface area contributed by atoms with Crippen LogP contribution in [0.5, 0.6) is 0 Å². The fourth-order valence-electron chi connectivity index (χ4n) is 3.30. The number of methoxy groups -OCH3 is 1. The molecule has 0 saturated heterocycles. The van der Waals surface area contributed by atoms with Gasteiger partial charge in [0, 0.05) is 24.6 Å². The molecular formula is C10H20N2O. The van der Waals surface area contributed by atoms with Crippen molar-refractivity contribution in [3.8, 4) is 0 Å². The molecule has 0 heterocycles. The highest BCUT2D eigenvalue weighted by Crippen LogP contribution is 2.62. The van der Waals surface area contributed by atoms with Gasteiger partial charge in [0.2, 0.25) is 0 Å². The van der Waals surface area contributed by atoms with Crippen molar-refractivity contribution in [2.75, 3.05) is 20.7 Å². The molecule has 2 aliphatic carbocycles. The number of nitrogens with two attached hydrogens (primary N) is 1. The maximum absolute atomic E-state index is 5.86. The third kappa shape index (κ3) is 0.901. The fraction of sp³-hybridized carbons (Fsp3) is 1.00. The molecule has 76 valence electrons. The standard InChI is InChI=1S/C10H20N2O/c1-12-10(7-11)6-8(13-2)9(10)4-3-5-9/h8,12H,3-7,11H2,1-2H3. The number of likely N-dealkylation sites (N-methyl/N-ethyl adjacent to an activating group) is 1. The van der Waals surface area contributed by atoms with Gasteiger partial charge in [-0.1, -0.05) is 6.42 Å². The van der Waals surface area contributed by atoms with Gasteiger partial charge in [0.05, 0.1) is 6.10 Å². The third-order valence-electron chi connectivity index (χ3n) is 4.46. The predicted molar refractivity (Wildman–Crippen MR) is 52.5 cm³/mol. The molecule has 0 aliphatic heterocycles. The lowest BCUT2D eigenvalue weighted by Crippen LogP contribution is -2.77. The Morgan fingerprint density at radius 2 is 2.23 bits per heavy atom. The molecule has 0 radical (unpaired) electrons. The van der Waals surface area contributed by atoms with Gasteiger partial charge in [0.25, 0.3) is 0 Å². The molecule has 3 nitrogen and oxygen atoms in total. The summed E-state index contributed by atoms with van der Waals surface area (Å²) in [5.74, 6) is 0. The number of hydrogen-bond acceptors (Lipinski definition) is 3. The summed E-state index contributed by atoms with van der Waals surface area (Å²) in [6.07, 6.45) is 5.42. The van der Waals surface area contributed by atoms with Crippen molar-refractivity contribution in [1.82, 2.24) is 5.32 Å². The van der Waals surface area contributed by atoms with Crippen molar-refractivity contribution in [2.24, 2.45) is 11.1 Å². The van der Waals surface area contributed by atoms with Crippen LogP contribution in [0.3, 0.4) is 0 Å². The summed E-state index contributed by atoms with van der Waals surface area (Å²) in [6.45, 7) is 0.739. The Kier molecular flexibility index (Phi) is 2.13. The molecular weight excluding hydrogens is 164 g/mol. The van der Waals surface area contributed by atoms with E-state index in [0.717, 1.165) is 13.0 Å². The zero-order valence-electron chi connectivity index (χ0n) is 8.60. The zero-order chi connectivity index (χ0) is 9.53. The molecule has 2 fully saturated rings. The first-order chi connectivity index (χ1) is 6.24.